The van der Waals surface area contributed by atoms with Gasteiger partial charge in [-0.15, -0.1) is 0 Å². The third-order valence-electron chi connectivity index (χ3n) is 10.1. The van der Waals surface area contributed by atoms with Crippen LogP contribution < -0.4 is 0 Å². The molecule has 268 valence electrons. The highest BCUT2D eigenvalue weighted by Crippen LogP contribution is 2.56. The summed E-state index contributed by atoms with van der Waals surface area (Å²) in [5.41, 5.74) is 14.8. The quantitative estimate of drug-likeness (QED) is 0.305. The summed E-state index contributed by atoms with van der Waals surface area (Å²) >= 11 is 0. The number of hydrogen-bond acceptors (Lipinski definition) is 0. The van der Waals surface area contributed by atoms with Crippen molar-refractivity contribution in [3.63, 3.8) is 0 Å². The standard InChI is InChI=1S/C47H80/c1-39(2,3)29-28-32(42(10,11)12)36(37(46(22,23)24)33(29)43(13,14)15)47(25,26)38-34(44(16,17)18)30(40(4,5)6)27-31(41(7,8)9)35(38)45(19,20)21/h27-28H,1-26H3. The number of hydrogen-bond donors (Lipinski definition) is 0. The lowest BCUT2D eigenvalue weighted by Gasteiger charge is -2.49. The van der Waals surface area contributed by atoms with Crippen LogP contribution in [0.15, 0.2) is 12.1 Å². The number of benzene rings is 2. The maximum absolute atomic E-state index is 2.65. The van der Waals surface area contributed by atoms with E-state index in [9.17, 15) is 0 Å². The van der Waals surface area contributed by atoms with Gasteiger partial charge in [0.15, 0.2) is 0 Å². The zero-order valence-corrected chi connectivity index (χ0v) is 36.7. The van der Waals surface area contributed by atoms with Crippen molar-refractivity contribution in [2.45, 2.75) is 229 Å². The summed E-state index contributed by atoms with van der Waals surface area (Å²) in [4.78, 5) is 0. The van der Waals surface area contributed by atoms with Crippen LogP contribution in [-0.4, -0.2) is 0 Å². The molecule has 2 aromatic rings. The molecule has 0 saturated carbocycles. The zero-order chi connectivity index (χ0) is 37.7. The molecule has 0 aliphatic carbocycles. The van der Waals surface area contributed by atoms with E-state index in [4.69, 9.17) is 0 Å². The van der Waals surface area contributed by atoms with Crippen molar-refractivity contribution in [3.05, 3.63) is 67.8 Å². The minimum Gasteiger partial charge on any atom is -0.0561 e. The van der Waals surface area contributed by atoms with Crippen LogP contribution in [0, 0.1) is 0 Å². The average Bonchev–Trinajstić information content (AvgIpc) is 2.76. The maximum atomic E-state index is 2.65. The van der Waals surface area contributed by atoms with Gasteiger partial charge in [0.1, 0.15) is 0 Å². The molecule has 0 aliphatic rings. The van der Waals surface area contributed by atoms with Crippen molar-refractivity contribution in [3.8, 4) is 0 Å². The summed E-state index contributed by atoms with van der Waals surface area (Å²) in [6, 6.07) is 5.28. The van der Waals surface area contributed by atoms with E-state index in [0.29, 0.717) is 0 Å². The third-order valence-corrected chi connectivity index (χ3v) is 10.1. The fourth-order valence-electron chi connectivity index (χ4n) is 8.22. The first kappa shape index (κ1) is 41.6. The van der Waals surface area contributed by atoms with Crippen LogP contribution in [0.25, 0.3) is 0 Å². The Morgan fingerprint density at radius 1 is 0.213 bits per heavy atom. The Kier molecular flexibility index (Phi) is 10.4. The van der Waals surface area contributed by atoms with Crippen LogP contribution >= 0.6 is 0 Å². The molecule has 0 spiro atoms. The Morgan fingerprint density at radius 3 is 0.596 bits per heavy atom. The van der Waals surface area contributed by atoms with Crippen molar-refractivity contribution in [1.82, 2.24) is 0 Å². The van der Waals surface area contributed by atoms with Crippen LogP contribution in [0.1, 0.15) is 236 Å². The Balaban J connectivity index is 3.78. The second-order valence-corrected chi connectivity index (χ2v) is 23.8. The van der Waals surface area contributed by atoms with Gasteiger partial charge in [-0.05, 0) is 99.0 Å². The van der Waals surface area contributed by atoms with Gasteiger partial charge in [0.25, 0.3) is 0 Å². The van der Waals surface area contributed by atoms with Gasteiger partial charge < -0.3 is 0 Å². The molecule has 0 heterocycles. The van der Waals surface area contributed by atoms with Gasteiger partial charge >= 0.3 is 0 Å². The van der Waals surface area contributed by atoms with Crippen LogP contribution in [0.4, 0.5) is 0 Å². The van der Waals surface area contributed by atoms with Crippen molar-refractivity contribution in [2.24, 2.45) is 0 Å². The summed E-state index contributed by atoms with van der Waals surface area (Å²) in [6.07, 6.45) is 0. The first-order chi connectivity index (χ1) is 20.2. The predicted octanol–water partition coefficient (Wildman–Crippen LogP) is 14.4. The van der Waals surface area contributed by atoms with Gasteiger partial charge in [-0.2, -0.15) is 0 Å². The van der Waals surface area contributed by atoms with Crippen molar-refractivity contribution in [2.75, 3.05) is 0 Å². The van der Waals surface area contributed by atoms with Crippen molar-refractivity contribution >= 4 is 0 Å². The van der Waals surface area contributed by atoms with E-state index in [1.165, 1.54) is 22.3 Å². The van der Waals surface area contributed by atoms with Crippen molar-refractivity contribution in [1.29, 1.82) is 0 Å². The Bertz CT molecular complexity index is 1410. The lowest BCUT2D eigenvalue weighted by molar-refractivity contribution is 0.446. The second kappa shape index (κ2) is 11.8. The van der Waals surface area contributed by atoms with E-state index in [1.54, 1.807) is 33.4 Å². The molecule has 0 N–H and O–H groups in total. The summed E-state index contributed by atoms with van der Waals surface area (Å²) < 4.78 is 0. The molecule has 0 atom stereocenters. The maximum Gasteiger partial charge on any atom is 0.0158 e. The average molecular weight is 645 g/mol. The fraction of sp³-hybridized carbons (Fsp3) is 0.745. The minimum atomic E-state index is -0.284. The Labute approximate surface area is 295 Å². The van der Waals surface area contributed by atoms with Crippen molar-refractivity contribution < 1.29 is 0 Å². The van der Waals surface area contributed by atoms with Crippen LogP contribution in [0.3, 0.4) is 0 Å². The molecule has 0 heteroatoms. The normalized spacial score (nSPS) is 15.0. The first-order valence-electron chi connectivity index (χ1n) is 18.7. The van der Waals surface area contributed by atoms with Gasteiger partial charge in [-0.3, -0.25) is 0 Å². The van der Waals surface area contributed by atoms with Crippen LogP contribution in [0.2, 0.25) is 0 Å². The van der Waals surface area contributed by atoms with Gasteiger partial charge in [-0.25, -0.2) is 0 Å². The monoisotopic (exact) mass is 645 g/mol. The molecule has 2 aromatic carbocycles. The fourth-order valence-corrected chi connectivity index (χ4v) is 8.22. The summed E-state index contributed by atoms with van der Waals surface area (Å²) in [5, 5.41) is 0. The lowest BCUT2D eigenvalue weighted by atomic mass is 9.55. The molecular weight excluding hydrogens is 565 g/mol. The molecule has 0 unspecified atom stereocenters. The molecule has 2 rings (SSSR count). The molecule has 0 fully saturated rings. The lowest BCUT2D eigenvalue weighted by Crippen LogP contribution is -2.40. The Hall–Kier alpha value is -1.56. The molecular formula is C47H80. The van der Waals surface area contributed by atoms with Gasteiger partial charge in [-0.1, -0.05) is 192 Å². The van der Waals surface area contributed by atoms with Gasteiger partial charge in [0.05, 0.1) is 0 Å². The van der Waals surface area contributed by atoms with Crippen LogP contribution in [-0.2, 0) is 48.7 Å². The highest BCUT2D eigenvalue weighted by molar-refractivity contribution is 5.66. The third kappa shape index (κ3) is 8.26. The topological polar surface area (TPSA) is 0 Å². The predicted molar refractivity (Wildman–Crippen MR) is 215 cm³/mol. The van der Waals surface area contributed by atoms with E-state index in [1.807, 2.05) is 0 Å². The minimum absolute atomic E-state index is 0.00374. The largest absolute Gasteiger partial charge is 0.0561 e. The number of rotatable bonds is 2. The van der Waals surface area contributed by atoms with E-state index < -0.39 is 0 Å². The summed E-state index contributed by atoms with van der Waals surface area (Å²) in [5.74, 6) is 0. The highest BCUT2D eigenvalue weighted by Gasteiger charge is 2.47. The SMILES string of the molecule is CC(C)(C)c1cc(C(C)(C)C)c(C(C)(C)c2c(C(C)(C)C)c(C(C)(C)C)cc(C(C)(C)C)c2C(C)(C)C)c(C(C)(C)C)c1C(C)(C)C. The molecule has 47 heavy (non-hydrogen) atoms. The van der Waals surface area contributed by atoms with E-state index in [-0.39, 0.29) is 48.7 Å². The molecule has 0 radical (unpaired) electrons. The molecule has 0 aliphatic heterocycles. The Morgan fingerprint density at radius 2 is 0.404 bits per heavy atom. The summed E-state index contributed by atoms with van der Waals surface area (Å²) in [7, 11) is 0. The van der Waals surface area contributed by atoms with E-state index in [0.717, 1.165) is 0 Å². The van der Waals surface area contributed by atoms with E-state index >= 15 is 0 Å². The van der Waals surface area contributed by atoms with E-state index in [2.05, 4.69) is 192 Å². The smallest absolute Gasteiger partial charge is 0.0158 e. The molecule has 0 amide bonds. The van der Waals surface area contributed by atoms with Gasteiger partial charge in [0.2, 0.25) is 0 Å². The first-order valence-corrected chi connectivity index (χ1v) is 18.7. The molecule has 0 bridgehead atoms. The summed E-state index contributed by atoms with van der Waals surface area (Å²) in [6.45, 7) is 63.8. The van der Waals surface area contributed by atoms with Gasteiger partial charge in [0, 0.05) is 5.41 Å². The molecule has 0 aromatic heterocycles. The molecule has 0 saturated heterocycles. The highest BCUT2D eigenvalue weighted by atomic mass is 14.5. The second-order valence-electron chi connectivity index (χ2n) is 23.8. The molecule has 0 nitrogen and oxygen atoms in total. The zero-order valence-electron chi connectivity index (χ0n) is 36.7. The van der Waals surface area contributed by atoms with Crippen LogP contribution in [0.5, 0.6) is 0 Å².